The third kappa shape index (κ3) is 4.32. The van der Waals surface area contributed by atoms with Crippen molar-refractivity contribution in [3.05, 3.63) is 35.4 Å². The molecule has 1 atom stereocenters. The second kappa shape index (κ2) is 6.21. The molecule has 0 fully saturated rings. The second-order valence-electron chi connectivity index (χ2n) is 4.13. The molecule has 0 saturated heterocycles. The molecular weight excluding hydrogens is 262 g/mol. The Morgan fingerprint density at radius 3 is 2.61 bits per heavy atom. The fraction of sp³-hybridized carbons (Fsp3) is 0.455. The molecular formula is C11H16F2N2O2S. The summed E-state index contributed by atoms with van der Waals surface area (Å²) < 4.78 is 48.5. The van der Waals surface area contributed by atoms with E-state index in [1.165, 1.54) is 12.1 Å². The van der Waals surface area contributed by atoms with Crippen molar-refractivity contribution >= 4 is 9.84 Å². The summed E-state index contributed by atoms with van der Waals surface area (Å²) in [6.45, 7) is 0. The summed E-state index contributed by atoms with van der Waals surface area (Å²) in [4.78, 5) is 0. The van der Waals surface area contributed by atoms with E-state index in [9.17, 15) is 17.2 Å². The van der Waals surface area contributed by atoms with Crippen molar-refractivity contribution in [2.24, 2.45) is 5.84 Å². The SMILES string of the molecule is CS(=O)(=O)CCCC(NN)c1cccc(F)c1F. The summed E-state index contributed by atoms with van der Waals surface area (Å²) in [6.07, 6.45) is 1.76. The van der Waals surface area contributed by atoms with Crippen LogP contribution in [0.1, 0.15) is 24.4 Å². The van der Waals surface area contributed by atoms with Gasteiger partial charge in [0.2, 0.25) is 0 Å². The number of nitrogens with two attached hydrogens (primary N) is 1. The van der Waals surface area contributed by atoms with Gasteiger partial charge in [0, 0.05) is 23.6 Å². The van der Waals surface area contributed by atoms with Crippen LogP contribution in [0.2, 0.25) is 0 Å². The molecule has 18 heavy (non-hydrogen) atoms. The van der Waals surface area contributed by atoms with E-state index in [1.54, 1.807) is 0 Å². The first-order chi connectivity index (χ1) is 8.35. The summed E-state index contributed by atoms with van der Waals surface area (Å²) in [5.74, 6) is 3.37. The van der Waals surface area contributed by atoms with E-state index in [2.05, 4.69) is 5.43 Å². The van der Waals surface area contributed by atoms with E-state index in [4.69, 9.17) is 5.84 Å². The maximum atomic E-state index is 13.5. The van der Waals surface area contributed by atoms with Crippen LogP contribution in [-0.4, -0.2) is 20.4 Å². The van der Waals surface area contributed by atoms with Crippen LogP contribution >= 0.6 is 0 Å². The molecule has 0 bridgehead atoms. The molecule has 0 saturated carbocycles. The number of sulfone groups is 1. The number of halogens is 2. The molecule has 0 aliphatic heterocycles. The highest BCUT2D eigenvalue weighted by atomic mass is 32.2. The normalized spacial score (nSPS) is 13.6. The quantitative estimate of drug-likeness (QED) is 0.607. The molecule has 1 rings (SSSR count). The van der Waals surface area contributed by atoms with Gasteiger partial charge in [-0.25, -0.2) is 17.2 Å². The van der Waals surface area contributed by atoms with Gasteiger partial charge in [0.1, 0.15) is 9.84 Å². The lowest BCUT2D eigenvalue weighted by Gasteiger charge is -2.16. The molecule has 0 aliphatic rings. The predicted octanol–water partition coefficient (Wildman–Crippen LogP) is 1.29. The van der Waals surface area contributed by atoms with E-state index in [0.717, 1.165) is 12.3 Å². The van der Waals surface area contributed by atoms with Crippen LogP contribution in [0.25, 0.3) is 0 Å². The fourth-order valence-corrected chi connectivity index (χ4v) is 2.36. The molecule has 1 unspecified atom stereocenters. The monoisotopic (exact) mass is 278 g/mol. The van der Waals surface area contributed by atoms with Crippen molar-refractivity contribution in [1.29, 1.82) is 0 Å². The summed E-state index contributed by atoms with van der Waals surface area (Å²) in [5, 5.41) is 0. The van der Waals surface area contributed by atoms with Gasteiger partial charge in [0.25, 0.3) is 0 Å². The average molecular weight is 278 g/mol. The molecule has 0 aromatic heterocycles. The Labute approximate surface area is 105 Å². The average Bonchev–Trinajstić information content (AvgIpc) is 2.27. The minimum atomic E-state index is -3.06. The van der Waals surface area contributed by atoms with E-state index in [1.807, 2.05) is 0 Å². The fourth-order valence-electron chi connectivity index (χ4n) is 1.67. The third-order valence-electron chi connectivity index (χ3n) is 2.57. The number of rotatable bonds is 6. The largest absolute Gasteiger partial charge is 0.271 e. The van der Waals surface area contributed by atoms with Crippen LogP contribution in [0.5, 0.6) is 0 Å². The molecule has 0 heterocycles. The van der Waals surface area contributed by atoms with Gasteiger partial charge in [0.05, 0.1) is 0 Å². The first kappa shape index (κ1) is 15.0. The van der Waals surface area contributed by atoms with Crippen molar-refractivity contribution in [3.8, 4) is 0 Å². The predicted molar refractivity (Wildman–Crippen MR) is 65.4 cm³/mol. The third-order valence-corrected chi connectivity index (χ3v) is 3.60. The molecule has 1 aromatic carbocycles. The number of hydrazine groups is 1. The van der Waals surface area contributed by atoms with Crippen molar-refractivity contribution in [2.75, 3.05) is 12.0 Å². The Kier molecular flexibility index (Phi) is 5.18. The van der Waals surface area contributed by atoms with Crippen LogP contribution in [0, 0.1) is 11.6 Å². The van der Waals surface area contributed by atoms with Crippen LogP contribution in [0.15, 0.2) is 18.2 Å². The van der Waals surface area contributed by atoms with Crippen LogP contribution in [0.4, 0.5) is 8.78 Å². The molecule has 0 amide bonds. The number of hydrogen-bond donors (Lipinski definition) is 2. The highest BCUT2D eigenvalue weighted by Crippen LogP contribution is 2.22. The molecule has 102 valence electrons. The topological polar surface area (TPSA) is 72.2 Å². The molecule has 0 radical (unpaired) electrons. The van der Waals surface area contributed by atoms with Crippen molar-refractivity contribution < 1.29 is 17.2 Å². The Hall–Kier alpha value is -1.05. The van der Waals surface area contributed by atoms with Gasteiger partial charge < -0.3 is 0 Å². The Bertz CT molecular complexity index is 506. The van der Waals surface area contributed by atoms with E-state index >= 15 is 0 Å². The molecule has 7 heteroatoms. The summed E-state index contributed by atoms with van der Waals surface area (Å²) in [6, 6.07) is 3.21. The Morgan fingerprint density at radius 1 is 1.39 bits per heavy atom. The highest BCUT2D eigenvalue weighted by Gasteiger charge is 2.17. The molecule has 0 spiro atoms. The Morgan fingerprint density at radius 2 is 2.06 bits per heavy atom. The standard InChI is InChI=1S/C11H16F2N2O2S/c1-18(16,17)7-3-6-10(15-14)8-4-2-5-9(12)11(8)13/h2,4-5,10,15H,3,6-7,14H2,1H3. The molecule has 3 N–H and O–H groups in total. The van der Waals surface area contributed by atoms with Crippen molar-refractivity contribution in [3.63, 3.8) is 0 Å². The lowest BCUT2D eigenvalue weighted by Crippen LogP contribution is -2.29. The van der Waals surface area contributed by atoms with E-state index < -0.39 is 27.5 Å². The molecule has 0 aliphatic carbocycles. The zero-order valence-corrected chi connectivity index (χ0v) is 10.8. The van der Waals surface area contributed by atoms with Gasteiger partial charge in [0.15, 0.2) is 11.6 Å². The second-order valence-corrected chi connectivity index (χ2v) is 6.39. The van der Waals surface area contributed by atoms with Crippen LogP contribution in [-0.2, 0) is 9.84 Å². The first-order valence-electron chi connectivity index (χ1n) is 5.43. The first-order valence-corrected chi connectivity index (χ1v) is 7.49. The van der Waals surface area contributed by atoms with Gasteiger partial charge in [-0.3, -0.25) is 11.3 Å². The zero-order chi connectivity index (χ0) is 13.8. The van der Waals surface area contributed by atoms with E-state index in [0.29, 0.717) is 12.8 Å². The minimum absolute atomic E-state index is 0.0118. The van der Waals surface area contributed by atoms with Gasteiger partial charge in [-0.05, 0) is 18.9 Å². The van der Waals surface area contributed by atoms with Gasteiger partial charge in [-0.2, -0.15) is 0 Å². The molecule has 4 nitrogen and oxygen atoms in total. The van der Waals surface area contributed by atoms with Crippen LogP contribution in [0.3, 0.4) is 0 Å². The van der Waals surface area contributed by atoms with Crippen molar-refractivity contribution in [2.45, 2.75) is 18.9 Å². The van der Waals surface area contributed by atoms with Gasteiger partial charge in [-0.1, -0.05) is 12.1 Å². The van der Waals surface area contributed by atoms with Crippen molar-refractivity contribution in [1.82, 2.24) is 5.43 Å². The van der Waals surface area contributed by atoms with Crippen LogP contribution < -0.4 is 11.3 Å². The molecule has 1 aromatic rings. The van der Waals surface area contributed by atoms with Gasteiger partial charge >= 0.3 is 0 Å². The lowest BCUT2D eigenvalue weighted by molar-refractivity contribution is 0.449. The summed E-state index contributed by atoms with van der Waals surface area (Å²) in [7, 11) is -3.06. The number of hydrogen-bond acceptors (Lipinski definition) is 4. The smallest absolute Gasteiger partial charge is 0.163 e. The number of nitrogens with one attached hydrogen (secondary N) is 1. The van der Waals surface area contributed by atoms with E-state index in [-0.39, 0.29) is 11.3 Å². The Balaban J connectivity index is 2.75. The zero-order valence-electron chi connectivity index (χ0n) is 9.99. The lowest BCUT2D eigenvalue weighted by atomic mass is 10.0. The highest BCUT2D eigenvalue weighted by molar-refractivity contribution is 7.90. The minimum Gasteiger partial charge on any atom is -0.271 e. The van der Waals surface area contributed by atoms with Gasteiger partial charge in [-0.15, -0.1) is 0 Å². The summed E-state index contributed by atoms with van der Waals surface area (Å²) >= 11 is 0. The maximum Gasteiger partial charge on any atom is 0.163 e. The number of benzene rings is 1. The maximum absolute atomic E-state index is 13.5. The summed E-state index contributed by atoms with van der Waals surface area (Å²) in [5.41, 5.74) is 2.47.